The number of aromatic nitrogens is 1. The van der Waals surface area contributed by atoms with Crippen LogP contribution in [0.25, 0.3) is 10.2 Å². The Kier molecular flexibility index (Phi) is 6.29. The first-order chi connectivity index (χ1) is 12.5. The lowest BCUT2D eigenvalue weighted by atomic mass is 10.2. The number of fused-ring (bicyclic) bond motifs is 1. The summed E-state index contributed by atoms with van der Waals surface area (Å²) in [5, 5.41) is 0.699. The minimum atomic E-state index is -0.272. The molecule has 26 heavy (non-hydrogen) atoms. The highest BCUT2D eigenvalue weighted by molar-refractivity contribution is 9.10. The van der Waals surface area contributed by atoms with Crippen LogP contribution >= 0.6 is 38.9 Å². The van der Waals surface area contributed by atoms with Crippen LogP contribution in [-0.2, 0) is 11.3 Å². The number of nitrogens with zero attached hydrogens (tertiary/aromatic N) is 2. The number of rotatable bonds is 5. The summed E-state index contributed by atoms with van der Waals surface area (Å²) >= 11 is 11.2. The van der Waals surface area contributed by atoms with Gasteiger partial charge in [-0.05, 0) is 49.7 Å². The molecule has 0 saturated carbocycles. The fourth-order valence-electron chi connectivity index (χ4n) is 2.68. The lowest BCUT2D eigenvalue weighted by Crippen LogP contribution is -2.20. The van der Waals surface area contributed by atoms with Crippen LogP contribution in [0.1, 0.15) is 22.8 Å². The molecule has 4 nitrogen and oxygen atoms in total. The zero-order valence-corrected chi connectivity index (χ0v) is 17.6. The van der Waals surface area contributed by atoms with Crippen LogP contribution in [0.2, 0.25) is 5.02 Å². The second kappa shape index (κ2) is 8.48. The number of carbonyl (C=O) groups excluding carboxylic acids is 1. The predicted octanol–water partition coefficient (Wildman–Crippen LogP) is 5.20. The maximum absolute atomic E-state index is 12.6. The summed E-state index contributed by atoms with van der Waals surface area (Å²) in [4.78, 5) is 17.7. The molecule has 3 rings (SSSR count). The molecule has 0 radical (unpaired) electrons. The Hall–Kier alpha value is -1.47. The summed E-state index contributed by atoms with van der Waals surface area (Å²) in [6, 6.07) is 11.1. The van der Waals surface area contributed by atoms with Crippen molar-refractivity contribution in [2.45, 2.75) is 20.4 Å². The molecule has 0 spiro atoms. The highest BCUT2D eigenvalue weighted by Crippen LogP contribution is 2.27. The smallest absolute Gasteiger partial charge is 0.279 e. The van der Waals surface area contributed by atoms with Gasteiger partial charge in [0.2, 0.25) is 0 Å². The molecule has 0 atom stereocenters. The number of thiazole rings is 1. The molecule has 0 fully saturated rings. The van der Waals surface area contributed by atoms with Crippen molar-refractivity contribution < 1.29 is 9.53 Å². The number of hydrogen-bond acceptors (Lipinski definition) is 3. The molecule has 1 aromatic heterocycles. The SMILES string of the molecule is CCOCCn1c(=NC(=O)c2cccc(Br)c2)sc2ccc(Cl)c(C)c21. The zero-order chi connectivity index (χ0) is 18.7. The Morgan fingerprint density at radius 2 is 2.15 bits per heavy atom. The lowest BCUT2D eigenvalue weighted by molar-refractivity contribution is 0.0996. The molecule has 0 saturated heterocycles. The summed E-state index contributed by atoms with van der Waals surface area (Å²) in [5.41, 5.74) is 2.53. The zero-order valence-electron chi connectivity index (χ0n) is 14.5. The van der Waals surface area contributed by atoms with Crippen molar-refractivity contribution in [3.8, 4) is 0 Å². The summed E-state index contributed by atoms with van der Waals surface area (Å²) in [7, 11) is 0. The molecule has 0 unspecified atom stereocenters. The lowest BCUT2D eigenvalue weighted by Gasteiger charge is -2.08. The van der Waals surface area contributed by atoms with Crippen molar-refractivity contribution in [2.24, 2.45) is 4.99 Å². The number of halogens is 2. The molecule has 1 amide bonds. The van der Waals surface area contributed by atoms with Crippen molar-refractivity contribution in [1.29, 1.82) is 0 Å². The van der Waals surface area contributed by atoms with E-state index in [1.54, 1.807) is 12.1 Å². The van der Waals surface area contributed by atoms with Crippen molar-refractivity contribution in [2.75, 3.05) is 13.2 Å². The highest BCUT2D eigenvalue weighted by Gasteiger charge is 2.13. The van der Waals surface area contributed by atoms with Crippen LogP contribution in [0.4, 0.5) is 0 Å². The Morgan fingerprint density at radius 1 is 1.35 bits per heavy atom. The molecular weight excluding hydrogens is 436 g/mol. The summed E-state index contributed by atoms with van der Waals surface area (Å²) in [5.74, 6) is -0.272. The number of amides is 1. The van der Waals surface area contributed by atoms with Crippen LogP contribution in [0.15, 0.2) is 45.9 Å². The van der Waals surface area contributed by atoms with Gasteiger partial charge in [0.25, 0.3) is 5.91 Å². The summed E-state index contributed by atoms with van der Waals surface area (Å²) < 4.78 is 9.42. The van der Waals surface area contributed by atoms with E-state index in [-0.39, 0.29) is 5.91 Å². The van der Waals surface area contributed by atoms with Gasteiger partial charge < -0.3 is 9.30 Å². The molecule has 3 aromatic rings. The molecular formula is C19H18BrClN2O2S. The topological polar surface area (TPSA) is 43.6 Å². The maximum atomic E-state index is 12.6. The average Bonchev–Trinajstić information content (AvgIpc) is 2.96. The van der Waals surface area contributed by atoms with E-state index in [1.807, 2.05) is 42.7 Å². The van der Waals surface area contributed by atoms with Gasteiger partial charge in [-0.25, -0.2) is 0 Å². The second-order valence-electron chi connectivity index (χ2n) is 5.68. The molecule has 1 heterocycles. The Balaban J connectivity index is 2.13. The largest absolute Gasteiger partial charge is 0.380 e. The van der Waals surface area contributed by atoms with E-state index in [4.69, 9.17) is 16.3 Å². The van der Waals surface area contributed by atoms with Crippen molar-refractivity contribution in [3.05, 3.63) is 61.8 Å². The molecule has 2 aromatic carbocycles. The van der Waals surface area contributed by atoms with Crippen LogP contribution in [0.3, 0.4) is 0 Å². The van der Waals surface area contributed by atoms with Gasteiger partial charge in [-0.3, -0.25) is 4.79 Å². The predicted molar refractivity (Wildman–Crippen MR) is 110 cm³/mol. The van der Waals surface area contributed by atoms with Crippen molar-refractivity contribution in [1.82, 2.24) is 4.57 Å². The summed E-state index contributed by atoms with van der Waals surface area (Å²) in [6.07, 6.45) is 0. The van der Waals surface area contributed by atoms with Gasteiger partial charge in [-0.2, -0.15) is 4.99 Å². The fourth-order valence-corrected chi connectivity index (χ4v) is 4.35. The Labute approximate surface area is 169 Å². The fraction of sp³-hybridized carbons (Fsp3) is 0.263. The second-order valence-corrected chi connectivity index (χ2v) is 8.01. The molecule has 0 N–H and O–H groups in total. The molecule has 0 aliphatic carbocycles. The third-order valence-corrected chi connectivity index (χ3v) is 5.91. The van der Waals surface area contributed by atoms with E-state index < -0.39 is 0 Å². The monoisotopic (exact) mass is 452 g/mol. The first kappa shape index (κ1) is 19.3. The minimum absolute atomic E-state index is 0.272. The first-order valence-electron chi connectivity index (χ1n) is 8.22. The van der Waals surface area contributed by atoms with Gasteiger partial charge in [-0.1, -0.05) is 44.9 Å². The normalized spacial score (nSPS) is 12.1. The van der Waals surface area contributed by atoms with E-state index >= 15 is 0 Å². The molecule has 136 valence electrons. The van der Waals surface area contributed by atoms with Crippen LogP contribution < -0.4 is 4.80 Å². The molecule has 0 aliphatic rings. The molecule has 0 bridgehead atoms. The van der Waals surface area contributed by atoms with Crippen molar-refractivity contribution >= 4 is 55.0 Å². The Morgan fingerprint density at radius 3 is 2.88 bits per heavy atom. The van der Waals surface area contributed by atoms with E-state index in [2.05, 4.69) is 20.9 Å². The van der Waals surface area contributed by atoms with E-state index in [0.717, 1.165) is 20.3 Å². The van der Waals surface area contributed by atoms with Crippen LogP contribution in [0.5, 0.6) is 0 Å². The summed E-state index contributed by atoms with van der Waals surface area (Å²) in [6.45, 7) is 5.74. The number of carbonyl (C=O) groups is 1. The number of aryl methyl sites for hydroxylation is 1. The quantitative estimate of drug-likeness (QED) is 0.498. The van der Waals surface area contributed by atoms with Gasteiger partial charge in [-0.15, -0.1) is 0 Å². The average molecular weight is 454 g/mol. The number of hydrogen-bond donors (Lipinski definition) is 0. The minimum Gasteiger partial charge on any atom is -0.380 e. The maximum Gasteiger partial charge on any atom is 0.279 e. The van der Waals surface area contributed by atoms with E-state index in [9.17, 15) is 4.79 Å². The third-order valence-electron chi connectivity index (χ3n) is 3.96. The third kappa shape index (κ3) is 4.09. The standard InChI is InChI=1S/C19H18BrClN2O2S/c1-3-25-10-9-23-17-12(2)15(21)7-8-16(17)26-19(23)22-18(24)13-5-4-6-14(20)11-13/h4-8,11H,3,9-10H2,1-2H3. The highest BCUT2D eigenvalue weighted by atomic mass is 79.9. The van der Waals surface area contributed by atoms with Crippen LogP contribution in [-0.4, -0.2) is 23.7 Å². The van der Waals surface area contributed by atoms with Crippen LogP contribution in [0, 0.1) is 6.92 Å². The number of benzene rings is 2. The van der Waals surface area contributed by atoms with Crippen molar-refractivity contribution in [3.63, 3.8) is 0 Å². The van der Waals surface area contributed by atoms with Gasteiger partial charge >= 0.3 is 0 Å². The van der Waals surface area contributed by atoms with E-state index in [1.165, 1.54) is 11.3 Å². The van der Waals surface area contributed by atoms with Gasteiger partial charge in [0.15, 0.2) is 4.80 Å². The van der Waals surface area contributed by atoms with Gasteiger partial charge in [0, 0.05) is 28.2 Å². The van der Waals surface area contributed by atoms with E-state index in [0.29, 0.717) is 35.1 Å². The Bertz CT molecular complexity index is 1030. The first-order valence-corrected chi connectivity index (χ1v) is 10.2. The van der Waals surface area contributed by atoms with Gasteiger partial charge in [0.05, 0.1) is 16.8 Å². The number of ether oxygens (including phenoxy) is 1. The van der Waals surface area contributed by atoms with Gasteiger partial charge in [0.1, 0.15) is 0 Å². The molecule has 0 aliphatic heterocycles. The molecule has 7 heteroatoms.